The number of rotatable bonds is 8. The molecular weight excluding hydrogens is 415 g/mol. The third-order valence-electron chi connectivity index (χ3n) is 2.82. The van der Waals surface area contributed by atoms with Gasteiger partial charge in [0, 0.05) is 26.8 Å². The number of hydrogen-bond acceptors (Lipinski definition) is 3. The first-order valence-electron chi connectivity index (χ1n) is 6.95. The molecule has 22 heavy (non-hydrogen) atoms. The lowest BCUT2D eigenvalue weighted by Crippen LogP contribution is -2.41. The zero-order valence-corrected chi connectivity index (χ0v) is 16.2. The lowest BCUT2D eigenvalue weighted by Gasteiger charge is -2.21. The summed E-state index contributed by atoms with van der Waals surface area (Å²) in [5.41, 5.74) is 0. The fourth-order valence-electron chi connectivity index (χ4n) is 1.75. The predicted molar refractivity (Wildman–Crippen MR) is 104 cm³/mol. The number of unbranched alkanes of at least 4 members (excludes halogenated alkanes) is 1. The van der Waals surface area contributed by atoms with Crippen LogP contribution in [0.5, 0.6) is 5.88 Å². The van der Waals surface area contributed by atoms with Crippen LogP contribution in [0.25, 0.3) is 0 Å². The highest BCUT2D eigenvalue weighted by Gasteiger charge is 2.05. The van der Waals surface area contributed by atoms with Gasteiger partial charge in [0.05, 0.1) is 6.54 Å². The number of guanidine groups is 1. The van der Waals surface area contributed by atoms with Crippen LogP contribution in [0.4, 0.5) is 0 Å². The van der Waals surface area contributed by atoms with Crippen LogP contribution in [0.15, 0.2) is 36.0 Å². The van der Waals surface area contributed by atoms with Crippen molar-refractivity contribution in [2.45, 2.75) is 12.8 Å². The molecule has 0 saturated carbocycles. The molecule has 0 saturated heterocycles. The maximum absolute atomic E-state index is 5.97. The van der Waals surface area contributed by atoms with Gasteiger partial charge in [-0.3, -0.25) is 4.99 Å². The molecule has 7 heteroatoms. The van der Waals surface area contributed by atoms with Crippen LogP contribution in [0, 0.1) is 0 Å². The molecule has 5 nitrogen and oxygen atoms in total. The van der Waals surface area contributed by atoms with Crippen LogP contribution in [0.3, 0.4) is 0 Å². The van der Waals surface area contributed by atoms with E-state index in [1.165, 1.54) is 0 Å². The van der Waals surface area contributed by atoms with Crippen molar-refractivity contribution in [2.75, 3.05) is 33.8 Å². The highest BCUT2D eigenvalue weighted by atomic mass is 127. The molecule has 0 aliphatic carbocycles. The Morgan fingerprint density at radius 3 is 3.00 bits per heavy atom. The molecule has 0 amide bonds. The highest BCUT2D eigenvalue weighted by molar-refractivity contribution is 14.0. The molecule has 124 valence electrons. The van der Waals surface area contributed by atoms with Gasteiger partial charge in [-0.05, 0) is 25.0 Å². The molecule has 0 aliphatic heterocycles. The number of aliphatic imine (C=N–C) groups is 1. The molecule has 0 bridgehead atoms. The van der Waals surface area contributed by atoms with E-state index in [9.17, 15) is 0 Å². The molecular formula is C15H24ClIN4O. The molecule has 1 aromatic rings. The Morgan fingerprint density at radius 1 is 1.59 bits per heavy atom. The predicted octanol–water partition coefficient (Wildman–Crippen LogP) is 3.21. The molecule has 0 aliphatic rings. The average Bonchev–Trinajstić information content (AvgIpc) is 2.49. The van der Waals surface area contributed by atoms with E-state index in [2.05, 4.69) is 26.8 Å². The normalized spacial score (nSPS) is 10.6. The lowest BCUT2D eigenvalue weighted by atomic mass is 10.3. The summed E-state index contributed by atoms with van der Waals surface area (Å²) in [5, 5.41) is 3.76. The Morgan fingerprint density at radius 2 is 2.36 bits per heavy atom. The third-order valence-corrected chi connectivity index (χ3v) is 3.11. The molecule has 1 aromatic heterocycles. The minimum Gasteiger partial charge on any atom is -0.475 e. The molecule has 0 aromatic carbocycles. The summed E-state index contributed by atoms with van der Waals surface area (Å²) in [7, 11) is 3.78. The highest BCUT2D eigenvalue weighted by Crippen LogP contribution is 2.19. The minimum atomic E-state index is 0. The van der Waals surface area contributed by atoms with Crippen LogP contribution in [-0.4, -0.2) is 49.6 Å². The molecule has 0 spiro atoms. The van der Waals surface area contributed by atoms with Gasteiger partial charge in [-0.1, -0.05) is 17.7 Å². The van der Waals surface area contributed by atoms with Crippen molar-refractivity contribution in [3.8, 4) is 5.88 Å². The first kappa shape index (κ1) is 21.0. The van der Waals surface area contributed by atoms with E-state index in [1.807, 2.05) is 13.1 Å². The van der Waals surface area contributed by atoms with Gasteiger partial charge in [-0.2, -0.15) is 0 Å². The van der Waals surface area contributed by atoms with Gasteiger partial charge in [0.1, 0.15) is 11.6 Å². The van der Waals surface area contributed by atoms with E-state index in [1.54, 1.807) is 25.4 Å². The van der Waals surface area contributed by atoms with E-state index in [0.717, 1.165) is 25.3 Å². The first-order valence-corrected chi connectivity index (χ1v) is 7.32. The number of hydrogen-bond donors (Lipinski definition) is 1. The summed E-state index contributed by atoms with van der Waals surface area (Å²) in [4.78, 5) is 10.4. The monoisotopic (exact) mass is 438 g/mol. The van der Waals surface area contributed by atoms with Crippen LogP contribution in [0.1, 0.15) is 12.8 Å². The Hall–Kier alpha value is -1.02. The van der Waals surface area contributed by atoms with Crippen molar-refractivity contribution in [3.63, 3.8) is 0 Å². The van der Waals surface area contributed by atoms with E-state index in [0.29, 0.717) is 24.1 Å². The van der Waals surface area contributed by atoms with Crippen molar-refractivity contribution >= 4 is 41.5 Å². The van der Waals surface area contributed by atoms with Crippen molar-refractivity contribution in [2.24, 2.45) is 4.99 Å². The summed E-state index contributed by atoms with van der Waals surface area (Å²) in [6.45, 7) is 5.75. The molecule has 0 fully saturated rings. The van der Waals surface area contributed by atoms with E-state index >= 15 is 0 Å². The van der Waals surface area contributed by atoms with E-state index in [-0.39, 0.29) is 24.0 Å². The SMILES string of the molecule is C=CCCCN(C)C(=NC)NCCOc1ncccc1Cl.I. The molecule has 0 unspecified atom stereocenters. The Bertz CT molecular complexity index is 471. The van der Waals surface area contributed by atoms with E-state index in [4.69, 9.17) is 16.3 Å². The summed E-state index contributed by atoms with van der Waals surface area (Å²) in [5.74, 6) is 1.30. The first-order chi connectivity index (χ1) is 10.2. The Kier molecular flexibility index (Phi) is 11.9. The van der Waals surface area contributed by atoms with Crippen LogP contribution < -0.4 is 10.1 Å². The van der Waals surface area contributed by atoms with Crippen LogP contribution >= 0.6 is 35.6 Å². The van der Waals surface area contributed by atoms with Gasteiger partial charge in [0.25, 0.3) is 0 Å². The van der Waals surface area contributed by atoms with Gasteiger partial charge < -0.3 is 15.0 Å². The number of halogens is 2. The van der Waals surface area contributed by atoms with Gasteiger partial charge in [-0.15, -0.1) is 30.6 Å². The second kappa shape index (κ2) is 12.5. The molecule has 1 rings (SSSR count). The number of nitrogens with one attached hydrogen (secondary N) is 1. The zero-order valence-electron chi connectivity index (χ0n) is 13.1. The number of nitrogens with zero attached hydrogens (tertiary/aromatic N) is 3. The quantitative estimate of drug-likeness (QED) is 0.223. The van der Waals surface area contributed by atoms with Gasteiger partial charge >= 0.3 is 0 Å². The van der Waals surface area contributed by atoms with Gasteiger partial charge in [0.2, 0.25) is 5.88 Å². The topological polar surface area (TPSA) is 49.8 Å². The maximum atomic E-state index is 5.97. The van der Waals surface area contributed by atoms with Crippen molar-refractivity contribution in [3.05, 3.63) is 36.0 Å². The minimum absolute atomic E-state index is 0. The zero-order chi connectivity index (χ0) is 15.5. The number of allylic oxidation sites excluding steroid dienone is 1. The molecule has 0 radical (unpaired) electrons. The number of aromatic nitrogens is 1. The molecule has 0 atom stereocenters. The smallest absolute Gasteiger partial charge is 0.232 e. The molecule has 1 N–H and O–H groups in total. The molecule has 1 heterocycles. The van der Waals surface area contributed by atoms with E-state index < -0.39 is 0 Å². The third kappa shape index (κ3) is 7.84. The largest absolute Gasteiger partial charge is 0.475 e. The van der Waals surface area contributed by atoms with Crippen molar-refractivity contribution < 1.29 is 4.74 Å². The number of ether oxygens (including phenoxy) is 1. The van der Waals surface area contributed by atoms with Crippen LogP contribution in [0.2, 0.25) is 5.02 Å². The summed E-state index contributed by atoms with van der Waals surface area (Å²) < 4.78 is 5.52. The Balaban J connectivity index is 0.00000441. The summed E-state index contributed by atoms with van der Waals surface area (Å²) >= 11 is 5.97. The lowest BCUT2D eigenvalue weighted by molar-refractivity contribution is 0.307. The average molecular weight is 439 g/mol. The second-order valence-electron chi connectivity index (χ2n) is 4.47. The Labute approximate surface area is 154 Å². The fraction of sp³-hybridized carbons (Fsp3) is 0.467. The van der Waals surface area contributed by atoms with Gasteiger partial charge in [-0.25, -0.2) is 4.98 Å². The van der Waals surface area contributed by atoms with Gasteiger partial charge in [0.15, 0.2) is 5.96 Å². The van der Waals surface area contributed by atoms with Crippen molar-refractivity contribution in [1.29, 1.82) is 0 Å². The fourth-order valence-corrected chi connectivity index (χ4v) is 1.93. The second-order valence-corrected chi connectivity index (χ2v) is 4.87. The maximum Gasteiger partial charge on any atom is 0.232 e. The summed E-state index contributed by atoms with van der Waals surface area (Å²) in [6.07, 6.45) is 5.64. The standard InChI is InChI=1S/C15H23ClN4O.HI/c1-4-5-6-11-20(3)15(17-2)19-10-12-21-14-13(16)8-7-9-18-14;/h4,7-9H,1,5-6,10-12H2,2-3H3,(H,17,19);1H. The van der Waals surface area contributed by atoms with Crippen LogP contribution in [-0.2, 0) is 0 Å². The van der Waals surface area contributed by atoms with Crippen molar-refractivity contribution in [1.82, 2.24) is 15.2 Å². The summed E-state index contributed by atoms with van der Waals surface area (Å²) in [6, 6.07) is 3.52. The number of pyridine rings is 1.